The smallest absolute Gasteiger partial charge is 0.148 e. The van der Waals surface area contributed by atoms with E-state index in [-0.39, 0.29) is 0 Å². The van der Waals surface area contributed by atoms with Crippen LogP contribution >= 0.6 is 11.8 Å². The van der Waals surface area contributed by atoms with E-state index in [1.54, 1.807) is 11.8 Å². The predicted molar refractivity (Wildman–Crippen MR) is 72.5 cm³/mol. The van der Waals surface area contributed by atoms with Crippen molar-refractivity contribution in [2.45, 2.75) is 23.9 Å². The summed E-state index contributed by atoms with van der Waals surface area (Å²) in [7, 11) is 4.29. The van der Waals surface area contributed by atoms with Gasteiger partial charge in [-0.1, -0.05) is 0 Å². The monoisotopic (exact) mass is 252 g/mol. The molecule has 0 bridgehead atoms. The number of likely N-dealkylation sites (N-methyl/N-ethyl adjacent to an activating group) is 1. The van der Waals surface area contributed by atoms with E-state index >= 15 is 0 Å². The van der Waals surface area contributed by atoms with Crippen LogP contribution in [0.5, 0.6) is 0 Å². The second-order valence-electron chi connectivity index (χ2n) is 4.71. The second kappa shape index (κ2) is 5.69. The molecule has 0 amide bonds. The van der Waals surface area contributed by atoms with Crippen molar-refractivity contribution >= 4 is 17.6 Å². The van der Waals surface area contributed by atoms with Crippen LogP contribution in [0.15, 0.2) is 17.2 Å². The van der Waals surface area contributed by atoms with E-state index in [2.05, 4.69) is 34.5 Å². The molecule has 2 rings (SSSR count). The summed E-state index contributed by atoms with van der Waals surface area (Å²) in [5, 5.41) is 12.6. The van der Waals surface area contributed by atoms with Gasteiger partial charge in [-0.15, -0.1) is 22.0 Å². The van der Waals surface area contributed by atoms with E-state index in [9.17, 15) is 0 Å². The molecule has 1 aliphatic rings. The van der Waals surface area contributed by atoms with Crippen LogP contribution < -0.4 is 5.32 Å². The average molecular weight is 252 g/mol. The largest absolute Gasteiger partial charge is 0.367 e. The molecule has 1 heterocycles. The van der Waals surface area contributed by atoms with E-state index in [0.29, 0.717) is 6.04 Å². The van der Waals surface area contributed by atoms with Crippen LogP contribution in [-0.4, -0.2) is 48.0 Å². The molecule has 4 nitrogen and oxygen atoms in total. The van der Waals surface area contributed by atoms with Crippen molar-refractivity contribution in [1.82, 2.24) is 15.1 Å². The molecule has 94 valence electrons. The maximum Gasteiger partial charge on any atom is 0.148 e. The third-order valence-corrected chi connectivity index (χ3v) is 3.81. The number of nitrogens with zero attached hydrogens (tertiary/aromatic N) is 3. The Labute approximate surface area is 107 Å². The molecule has 0 saturated heterocycles. The van der Waals surface area contributed by atoms with Gasteiger partial charge in [0.2, 0.25) is 0 Å². The van der Waals surface area contributed by atoms with Gasteiger partial charge in [0.1, 0.15) is 10.8 Å². The number of hydrogen-bond acceptors (Lipinski definition) is 5. The molecule has 5 heteroatoms. The summed E-state index contributed by atoms with van der Waals surface area (Å²) in [5.74, 6) is 1.73. The van der Waals surface area contributed by atoms with E-state index in [1.165, 1.54) is 12.8 Å². The summed E-state index contributed by atoms with van der Waals surface area (Å²) in [6.45, 7) is 0.949. The zero-order valence-corrected chi connectivity index (χ0v) is 11.5. The Hall–Kier alpha value is -0.810. The summed E-state index contributed by atoms with van der Waals surface area (Å²) < 4.78 is 0. The Morgan fingerprint density at radius 1 is 1.41 bits per heavy atom. The highest BCUT2D eigenvalue weighted by Crippen LogP contribution is 2.34. The Morgan fingerprint density at radius 2 is 2.18 bits per heavy atom. The highest BCUT2D eigenvalue weighted by Gasteiger charge is 2.32. The van der Waals surface area contributed by atoms with E-state index < -0.39 is 0 Å². The van der Waals surface area contributed by atoms with Crippen LogP contribution in [0.1, 0.15) is 12.8 Å². The van der Waals surface area contributed by atoms with E-state index in [0.717, 1.165) is 23.3 Å². The van der Waals surface area contributed by atoms with Crippen LogP contribution in [0.2, 0.25) is 0 Å². The molecule has 1 fully saturated rings. The zero-order chi connectivity index (χ0) is 12.3. The summed E-state index contributed by atoms with van der Waals surface area (Å²) in [6, 6.07) is 4.61. The molecule has 1 N–H and O–H groups in total. The lowest BCUT2D eigenvalue weighted by atomic mass is 10.1. The number of rotatable bonds is 6. The molecule has 1 aromatic rings. The highest BCUT2D eigenvalue weighted by molar-refractivity contribution is 7.98. The lowest BCUT2D eigenvalue weighted by molar-refractivity contribution is 0.276. The zero-order valence-electron chi connectivity index (χ0n) is 10.7. The first-order valence-corrected chi connectivity index (χ1v) is 7.21. The van der Waals surface area contributed by atoms with E-state index in [1.807, 2.05) is 18.4 Å². The molecule has 0 spiro atoms. The molecule has 0 aromatic carbocycles. The Morgan fingerprint density at radius 3 is 2.65 bits per heavy atom. The van der Waals surface area contributed by atoms with Crippen molar-refractivity contribution in [3.63, 3.8) is 0 Å². The molecule has 1 unspecified atom stereocenters. The Balaban J connectivity index is 1.87. The summed E-state index contributed by atoms with van der Waals surface area (Å²) in [4.78, 5) is 2.30. The molecule has 1 aromatic heterocycles. The first-order chi connectivity index (χ1) is 8.20. The number of thioether (sulfide) groups is 1. The fraction of sp³-hybridized carbons (Fsp3) is 0.667. The van der Waals surface area contributed by atoms with Crippen molar-refractivity contribution in [1.29, 1.82) is 0 Å². The van der Waals surface area contributed by atoms with Gasteiger partial charge in [0.15, 0.2) is 0 Å². The normalized spacial score (nSPS) is 17.2. The van der Waals surface area contributed by atoms with Gasteiger partial charge in [-0.3, -0.25) is 0 Å². The average Bonchev–Trinajstić information content (AvgIpc) is 3.14. The molecule has 17 heavy (non-hydrogen) atoms. The fourth-order valence-electron chi connectivity index (χ4n) is 1.98. The number of nitrogens with one attached hydrogen (secondary N) is 1. The fourth-order valence-corrected chi connectivity index (χ4v) is 2.31. The van der Waals surface area contributed by atoms with Gasteiger partial charge in [0.25, 0.3) is 0 Å². The minimum Gasteiger partial charge on any atom is -0.367 e. The van der Waals surface area contributed by atoms with Crippen LogP contribution in [0.4, 0.5) is 5.82 Å². The van der Waals surface area contributed by atoms with Crippen LogP contribution in [-0.2, 0) is 0 Å². The first-order valence-electron chi connectivity index (χ1n) is 5.98. The maximum absolute atomic E-state index is 4.16. The topological polar surface area (TPSA) is 41.0 Å². The van der Waals surface area contributed by atoms with Gasteiger partial charge in [0, 0.05) is 12.6 Å². The van der Waals surface area contributed by atoms with Crippen LogP contribution in [0.25, 0.3) is 0 Å². The maximum atomic E-state index is 4.16. The van der Waals surface area contributed by atoms with Crippen molar-refractivity contribution in [3.05, 3.63) is 12.1 Å². The van der Waals surface area contributed by atoms with E-state index in [4.69, 9.17) is 0 Å². The van der Waals surface area contributed by atoms with Gasteiger partial charge in [0.05, 0.1) is 0 Å². The number of anilines is 1. The summed E-state index contributed by atoms with van der Waals surface area (Å²) in [5.41, 5.74) is 0. The van der Waals surface area contributed by atoms with Crippen molar-refractivity contribution in [2.24, 2.45) is 5.92 Å². The van der Waals surface area contributed by atoms with Crippen molar-refractivity contribution < 1.29 is 0 Å². The highest BCUT2D eigenvalue weighted by atomic mass is 32.2. The molecule has 1 aliphatic carbocycles. The van der Waals surface area contributed by atoms with Crippen LogP contribution in [0, 0.1) is 5.92 Å². The molecular weight excluding hydrogens is 232 g/mol. The van der Waals surface area contributed by atoms with Crippen molar-refractivity contribution in [3.8, 4) is 0 Å². The minimum atomic E-state index is 0.608. The molecular formula is C12H20N4S. The Kier molecular flexibility index (Phi) is 4.23. The Bertz CT molecular complexity index is 346. The second-order valence-corrected chi connectivity index (χ2v) is 5.54. The SMILES string of the molecule is CSc1ccc(NCC(C2CC2)N(C)C)nn1. The van der Waals surface area contributed by atoms with Gasteiger partial charge < -0.3 is 10.2 Å². The van der Waals surface area contributed by atoms with Gasteiger partial charge in [-0.25, -0.2) is 0 Å². The molecule has 0 radical (unpaired) electrons. The molecule has 1 saturated carbocycles. The number of hydrogen-bond donors (Lipinski definition) is 1. The van der Waals surface area contributed by atoms with Gasteiger partial charge >= 0.3 is 0 Å². The predicted octanol–water partition coefficient (Wildman–Crippen LogP) is 1.95. The quantitative estimate of drug-likeness (QED) is 0.784. The summed E-state index contributed by atoms with van der Waals surface area (Å²) in [6.07, 6.45) is 4.73. The third-order valence-electron chi connectivity index (χ3n) is 3.17. The van der Waals surface area contributed by atoms with Gasteiger partial charge in [-0.2, -0.15) is 0 Å². The first kappa shape index (κ1) is 12.6. The van der Waals surface area contributed by atoms with Gasteiger partial charge in [-0.05, 0) is 51.2 Å². The van der Waals surface area contributed by atoms with Crippen LogP contribution in [0.3, 0.4) is 0 Å². The molecule has 0 aliphatic heterocycles. The summed E-state index contributed by atoms with van der Waals surface area (Å²) >= 11 is 1.61. The third kappa shape index (κ3) is 3.57. The number of aromatic nitrogens is 2. The minimum absolute atomic E-state index is 0.608. The lowest BCUT2D eigenvalue weighted by Crippen LogP contribution is -2.36. The standard InChI is InChI=1S/C12H20N4S/c1-16(2)10(9-4-5-9)8-13-11-6-7-12(17-3)15-14-11/h6-7,9-10H,4-5,8H2,1-3H3,(H,13,14). The van der Waals surface area contributed by atoms with Crippen molar-refractivity contribution in [2.75, 3.05) is 32.2 Å². The molecule has 1 atom stereocenters. The lowest BCUT2D eigenvalue weighted by Gasteiger charge is -2.24.